The first-order chi connectivity index (χ1) is 8.54. The summed E-state index contributed by atoms with van der Waals surface area (Å²) in [6.07, 6.45) is 1.55. The molecule has 0 spiro atoms. The van der Waals surface area contributed by atoms with Crippen molar-refractivity contribution in [3.63, 3.8) is 0 Å². The van der Waals surface area contributed by atoms with Crippen LogP contribution in [-0.4, -0.2) is 19.9 Å². The number of imidazole rings is 1. The number of nitrogens with one attached hydrogen (secondary N) is 1. The van der Waals surface area contributed by atoms with Crippen LogP contribution >= 0.6 is 0 Å². The number of aromatic nitrogens is 4. The van der Waals surface area contributed by atoms with Gasteiger partial charge in [-0.3, -0.25) is 0 Å². The number of fused-ring (bicyclic) bond motifs is 1. The highest BCUT2D eigenvalue weighted by molar-refractivity contribution is 5.82. The van der Waals surface area contributed by atoms with Crippen LogP contribution in [0.1, 0.15) is 11.1 Å². The van der Waals surface area contributed by atoms with Gasteiger partial charge in [0.15, 0.2) is 11.5 Å². The first-order valence-electron chi connectivity index (χ1n) is 5.62. The van der Waals surface area contributed by atoms with E-state index in [9.17, 15) is 0 Å². The van der Waals surface area contributed by atoms with Crippen LogP contribution in [0.5, 0.6) is 0 Å². The Kier molecular flexibility index (Phi) is 2.07. The molecule has 0 radical (unpaired) electrons. The first-order valence-corrected chi connectivity index (χ1v) is 5.62. The number of aryl methyl sites for hydroxylation is 2. The summed E-state index contributed by atoms with van der Waals surface area (Å²) in [6.45, 7) is 4.13. The highest BCUT2D eigenvalue weighted by atomic mass is 15.5. The summed E-state index contributed by atoms with van der Waals surface area (Å²) in [6, 6.07) is 4.11. The number of nitrogens with zero attached hydrogens (tertiary/aromatic N) is 3. The van der Waals surface area contributed by atoms with Gasteiger partial charge in [-0.1, -0.05) is 0 Å². The number of hydrogen-bond donors (Lipinski definition) is 3. The van der Waals surface area contributed by atoms with Crippen molar-refractivity contribution < 1.29 is 0 Å². The Morgan fingerprint density at radius 2 is 1.94 bits per heavy atom. The van der Waals surface area contributed by atoms with E-state index in [4.69, 9.17) is 11.6 Å². The minimum Gasteiger partial charge on any atom is -0.396 e. The van der Waals surface area contributed by atoms with Crippen molar-refractivity contribution in [2.45, 2.75) is 13.8 Å². The van der Waals surface area contributed by atoms with Crippen LogP contribution in [0.2, 0.25) is 0 Å². The van der Waals surface area contributed by atoms with E-state index in [2.05, 4.69) is 35.0 Å². The zero-order chi connectivity index (χ0) is 12.9. The third kappa shape index (κ3) is 1.50. The van der Waals surface area contributed by atoms with E-state index in [0.29, 0.717) is 17.2 Å². The summed E-state index contributed by atoms with van der Waals surface area (Å²) >= 11 is 0. The summed E-state index contributed by atoms with van der Waals surface area (Å²) in [5, 5.41) is 4.10. The van der Waals surface area contributed by atoms with Gasteiger partial charge in [0.05, 0.1) is 22.9 Å². The minimum atomic E-state index is 0.505. The molecule has 0 amide bonds. The predicted molar refractivity (Wildman–Crippen MR) is 71.4 cm³/mol. The van der Waals surface area contributed by atoms with Crippen molar-refractivity contribution in [2.75, 3.05) is 11.6 Å². The highest BCUT2D eigenvalue weighted by Gasteiger charge is 2.12. The van der Waals surface area contributed by atoms with E-state index in [1.807, 2.05) is 6.07 Å². The second-order valence-electron chi connectivity index (χ2n) is 4.45. The van der Waals surface area contributed by atoms with E-state index >= 15 is 0 Å². The molecule has 6 nitrogen and oxygen atoms in total. The van der Waals surface area contributed by atoms with E-state index in [0.717, 1.165) is 11.0 Å². The van der Waals surface area contributed by atoms with Gasteiger partial charge in [0, 0.05) is 0 Å². The fourth-order valence-electron chi connectivity index (χ4n) is 1.97. The lowest BCUT2D eigenvalue weighted by Gasteiger charge is -1.97. The molecule has 2 heterocycles. The molecule has 18 heavy (non-hydrogen) atoms. The first kappa shape index (κ1) is 10.6. The summed E-state index contributed by atoms with van der Waals surface area (Å²) < 4.78 is 0. The number of hydrogen-bond acceptors (Lipinski definition) is 4. The number of nitrogen functional groups attached to an aromatic ring is 2. The summed E-state index contributed by atoms with van der Waals surface area (Å²) in [5.41, 5.74) is 11.2. The van der Waals surface area contributed by atoms with Crippen LogP contribution in [0.3, 0.4) is 0 Å². The molecule has 0 unspecified atom stereocenters. The Labute approximate surface area is 104 Å². The van der Waals surface area contributed by atoms with Gasteiger partial charge in [-0.25, -0.2) is 4.98 Å². The van der Waals surface area contributed by atoms with Crippen LogP contribution in [0.25, 0.3) is 22.6 Å². The van der Waals surface area contributed by atoms with Gasteiger partial charge >= 0.3 is 0 Å². The van der Waals surface area contributed by atoms with Crippen LogP contribution < -0.4 is 11.6 Å². The number of rotatable bonds is 1. The minimum absolute atomic E-state index is 0.505. The van der Waals surface area contributed by atoms with E-state index in [-0.39, 0.29) is 0 Å². The monoisotopic (exact) mass is 242 g/mol. The third-order valence-corrected chi connectivity index (χ3v) is 3.08. The van der Waals surface area contributed by atoms with E-state index < -0.39 is 0 Å². The maximum absolute atomic E-state index is 5.83. The topological polar surface area (TPSA) is 98.5 Å². The smallest absolute Gasteiger partial charge is 0.161 e. The summed E-state index contributed by atoms with van der Waals surface area (Å²) in [4.78, 5) is 8.89. The molecule has 2 aromatic heterocycles. The predicted octanol–water partition coefficient (Wildman–Crippen LogP) is 1.34. The Morgan fingerprint density at radius 3 is 2.61 bits per heavy atom. The second-order valence-corrected chi connectivity index (χ2v) is 4.45. The maximum atomic E-state index is 5.83. The largest absolute Gasteiger partial charge is 0.396 e. The van der Waals surface area contributed by atoms with Crippen LogP contribution in [0, 0.1) is 13.8 Å². The molecule has 0 aliphatic rings. The van der Waals surface area contributed by atoms with Crippen molar-refractivity contribution in [3.8, 4) is 11.5 Å². The Bertz CT molecular complexity index is 697. The van der Waals surface area contributed by atoms with Crippen molar-refractivity contribution >= 4 is 16.7 Å². The van der Waals surface area contributed by atoms with Gasteiger partial charge in [-0.2, -0.15) is 4.79 Å². The van der Waals surface area contributed by atoms with Crippen molar-refractivity contribution in [1.82, 2.24) is 19.9 Å². The van der Waals surface area contributed by atoms with Crippen LogP contribution in [-0.2, 0) is 0 Å². The molecule has 0 aliphatic carbocycles. The second kappa shape index (κ2) is 3.49. The molecule has 0 bridgehead atoms. The zero-order valence-electron chi connectivity index (χ0n) is 10.2. The zero-order valence-corrected chi connectivity index (χ0v) is 10.2. The normalized spacial score (nSPS) is 11.2. The molecular formula is C12H14N6. The SMILES string of the molecule is Cc1cc2nc(-c3nn(N)cc3N)[nH]c2cc1C. The summed E-state index contributed by atoms with van der Waals surface area (Å²) in [5.74, 6) is 6.18. The molecule has 3 aromatic rings. The quantitative estimate of drug-likeness (QED) is 0.561. The van der Waals surface area contributed by atoms with E-state index in [1.54, 1.807) is 6.20 Å². The number of anilines is 1. The molecule has 0 aliphatic heterocycles. The van der Waals surface area contributed by atoms with Gasteiger partial charge in [0.1, 0.15) is 0 Å². The van der Waals surface area contributed by atoms with Gasteiger partial charge < -0.3 is 16.6 Å². The fourth-order valence-corrected chi connectivity index (χ4v) is 1.97. The molecular weight excluding hydrogens is 228 g/mol. The molecule has 0 fully saturated rings. The van der Waals surface area contributed by atoms with Crippen molar-refractivity contribution in [2.24, 2.45) is 0 Å². The fraction of sp³-hybridized carbons (Fsp3) is 0.167. The Morgan fingerprint density at radius 1 is 1.22 bits per heavy atom. The van der Waals surface area contributed by atoms with E-state index in [1.165, 1.54) is 15.9 Å². The molecule has 92 valence electrons. The van der Waals surface area contributed by atoms with Crippen LogP contribution in [0.4, 0.5) is 5.69 Å². The number of nitrogens with two attached hydrogens (primary N) is 2. The number of aromatic amines is 1. The molecule has 6 heteroatoms. The van der Waals surface area contributed by atoms with Crippen LogP contribution in [0.15, 0.2) is 18.3 Å². The molecule has 1 aromatic carbocycles. The highest BCUT2D eigenvalue weighted by Crippen LogP contribution is 2.25. The Balaban J connectivity index is 2.22. The molecule has 0 saturated carbocycles. The summed E-state index contributed by atoms with van der Waals surface area (Å²) in [7, 11) is 0. The number of benzene rings is 1. The van der Waals surface area contributed by atoms with Gasteiger partial charge in [0.2, 0.25) is 0 Å². The lowest BCUT2D eigenvalue weighted by molar-refractivity contribution is 0.833. The Hall–Kier alpha value is -2.50. The lowest BCUT2D eigenvalue weighted by Crippen LogP contribution is -2.07. The molecule has 3 rings (SSSR count). The molecule has 5 N–H and O–H groups in total. The van der Waals surface area contributed by atoms with Gasteiger partial charge in [-0.15, -0.1) is 5.10 Å². The van der Waals surface area contributed by atoms with Crippen molar-refractivity contribution in [3.05, 3.63) is 29.5 Å². The average molecular weight is 242 g/mol. The molecule has 0 saturated heterocycles. The molecule has 0 atom stereocenters. The van der Waals surface area contributed by atoms with Gasteiger partial charge in [-0.05, 0) is 37.1 Å². The standard InChI is InChI=1S/C12H14N6/c1-6-3-9-10(4-7(6)2)16-12(15-9)11-8(13)5-18(14)17-11/h3-5H,13-14H2,1-2H3,(H,15,16). The van der Waals surface area contributed by atoms with Crippen molar-refractivity contribution in [1.29, 1.82) is 0 Å². The van der Waals surface area contributed by atoms with Gasteiger partial charge in [0.25, 0.3) is 0 Å². The third-order valence-electron chi connectivity index (χ3n) is 3.08. The maximum Gasteiger partial charge on any atom is 0.161 e. The number of H-pyrrole nitrogens is 1. The average Bonchev–Trinajstić information content (AvgIpc) is 2.82. The lowest BCUT2D eigenvalue weighted by atomic mass is 10.1.